The van der Waals surface area contributed by atoms with E-state index >= 15 is 0 Å². The van der Waals surface area contributed by atoms with Gasteiger partial charge in [-0.25, -0.2) is 16.8 Å². The fourth-order valence-corrected chi connectivity index (χ4v) is 6.16. The topological polar surface area (TPSA) is 121 Å². The minimum absolute atomic E-state index is 0.0540. The first-order chi connectivity index (χ1) is 15.5. The van der Waals surface area contributed by atoms with E-state index in [1.807, 2.05) is 6.07 Å². The molecule has 0 saturated carbocycles. The van der Waals surface area contributed by atoms with Crippen molar-refractivity contribution in [1.29, 1.82) is 0 Å². The smallest absolute Gasteiger partial charge is 0.248 e. The molecule has 1 amide bonds. The zero-order valence-corrected chi connectivity index (χ0v) is 20.5. The zero-order valence-electron chi connectivity index (χ0n) is 18.8. The van der Waals surface area contributed by atoms with Crippen LogP contribution < -0.4 is 0 Å². The van der Waals surface area contributed by atoms with E-state index in [0.717, 1.165) is 15.3 Å². The Morgan fingerprint density at radius 2 is 1.79 bits per heavy atom. The van der Waals surface area contributed by atoms with Gasteiger partial charge in [-0.15, -0.1) is 0 Å². The molecule has 0 atom stereocenters. The number of rotatable bonds is 7. The molecule has 2 heterocycles. The molecule has 12 heteroatoms. The molecule has 180 valence electrons. The Morgan fingerprint density at radius 1 is 1.09 bits per heavy atom. The molecule has 0 aliphatic carbocycles. The van der Waals surface area contributed by atoms with Gasteiger partial charge in [-0.2, -0.15) is 8.61 Å². The molecular formula is C21H28N4O6S2. The fourth-order valence-electron chi connectivity index (χ4n) is 3.57. The van der Waals surface area contributed by atoms with Crippen molar-refractivity contribution >= 4 is 32.0 Å². The van der Waals surface area contributed by atoms with Gasteiger partial charge in [0.15, 0.2) is 5.76 Å². The number of hydrogen-bond acceptors (Lipinski definition) is 7. The van der Waals surface area contributed by atoms with Crippen LogP contribution >= 0.6 is 0 Å². The summed E-state index contributed by atoms with van der Waals surface area (Å²) in [7, 11) is -6.26. The quantitative estimate of drug-likeness (QED) is 0.569. The molecule has 0 spiro atoms. The summed E-state index contributed by atoms with van der Waals surface area (Å²) in [5, 5.41) is 4.79. The first-order valence-electron chi connectivity index (χ1n) is 10.4. The monoisotopic (exact) mass is 496 g/mol. The summed E-state index contributed by atoms with van der Waals surface area (Å²) in [6.07, 6.45) is 1.90. The number of aromatic nitrogens is 1. The molecular weight excluding hydrogens is 468 g/mol. The fraction of sp³-hybridized carbons (Fsp3) is 0.429. The lowest BCUT2D eigenvalue weighted by Gasteiger charge is -2.24. The third kappa shape index (κ3) is 5.88. The minimum Gasteiger partial charge on any atom is -0.360 e. The number of likely N-dealkylation sites (N-methyl/N-ethyl adjacent to an activating group) is 1. The molecule has 0 bridgehead atoms. The summed E-state index contributed by atoms with van der Waals surface area (Å²) in [4.78, 5) is 14.3. The number of aryl methyl sites for hydroxylation is 2. The highest BCUT2D eigenvalue weighted by Gasteiger charge is 2.33. The highest BCUT2D eigenvalue weighted by molar-refractivity contribution is 7.92. The summed E-state index contributed by atoms with van der Waals surface area (Å²) < 4.78 is 58.5. The van der Waals surface area contributed by atoms with Crippen molar-refractivity contribution < 1.29 is 26.2 Å². The number of hydrogen-bond donors (Lipinski definition) is 0. The van der Waals surface area contributed by atoms with Crippen LogP contribution in [0.2, 0.25) is 0 Å². The van der Waals surface area contributed by atoms with Gasteiger partial charge in [0.05, 0.1) is 6.54 Å². The highest BCUT2D eigenvalue weighted by atomic mass is 32.2. The minimum atomic E-state index is -3.81. The van der Waals surface area contributed by atoms with Crippen molar-refractivity contribution in [1.82, 2.24) is 18.7 Å². The average Bonchev–Trinajstić information content (AvgIpc) is 2.97. The predicted octanol–water partition coefficient (Wildman–Crippen LogP) is 1.45. The number of carbonyl (C=O) groups excluding carboxylic acids is 1. The molecule has 1 aliphatic rings. The van der Waals surface area contributed by atoms with Crippen molar-refractivity contribution in [2.24, 2.45) is 0 Å². The van der Waals surface area contributed by atoms with Crippen LogP contribution in [0.15, 0.2) is 45.2 Å². The summed E-state index contributed by atoms with van der Waals surface area (Å²) in [5.41, 5.74) is 1.02. The van der Waals surface area contributed by atoms with Crippen LogP contribution in [-0.4, -0.2) is 81.2 Å². The molecule has 1 saturated heterocycles. The van der Waals surface area contributed by atoms with Crippen molar-refractivity contribution in [3.05, 3.63) is 52.8 Å². The van der Waals surface area contributed by atoms with E-state index in [1.165, 1.54) is 22.3 Å². The molecule has 0 radical (unpaired) electrons. The largest absolute Gasteiger partial charge is 0.360 e. The van der Waals surface area contributed by atoms with E-state index < -0.39 is 20.0 Å². The normalized spacial score (nSPS) is 16.4. The lowest BCUT2D eigenvalue weighted by Crippen LogP contribution is -2.42. The van der Waals surface area contributed by atoms with Crippen molar-refractivity contribution in [2.45, 2.75) is 25.2 Å². The number of benzene rings is 1. The van der Waals surface area contributed by atoms with Gasteiger partial charge in [-0.05, 0) is 31.9 Å². The van der Waals surface area contributed by atoms with Crippen LogP contribution in [0.4, 0.5) is 0 Å². The Kier molecular flexibility index (Phi) is 7.73. The molecule has 0 N–H and O–H groups in total. The van der Waals surface area contributed by atoms with Gasteiger partial charge in [0.25, 0.3) is 0 Å². The lowest BCUT2D eigenvalue weighted by molar-refractivity contribution is -0.131. The van der Waals surface area contributed by atoms with Crippen molar-refractivity contribution in [3.8, 4) is 0 Å². The van der Waals surface area contributed by atoms with E-state index in [-0.39, 0.29) is 42.7 Å². The second-order valence-electron chi connectivity index (χ2n) is 7.81. The van der Waals surface area contributed by atoms with Crippen LogP contribution in [0.5, 0.6) is 0 Å². The van der Waals surface area contributed by atoms with Gasteiger partial charge in [-0.3, -0.25) is 4.79 Å². The van der Waals surface area contributed by atoms with Gasteiger partial charge < -0.3 is 9.42 Å². The van der Waals surface area contributed by atoms with E-state index in [4.69, 9.17) is 4.52 Å². The molecule has 1 fully saturated rings. The average molecular weight is 497 g/mol. The number of amides is 1. The SMILES string of the molecule is Cc1noc(C)c1S(=O)(=O)N1CCCN(C(=O)CN(C)S(=O)(=O)C=Cc2ccccc2)CC1. The van der Waals surface area contributed by atoms with Crippen LogP contribution in [0.25, 0.3) is 6.08 Å². The van der Waals surface area contributed by atoms with Gasteiger partial charge in [0.1, 0.15) is 10.6 Å². The maximum absolute atomic E-state index is 13.0. The summed E-state index contributed by atoms with van der Waals surface area (Å²) in [6.45, 7) is 3.61. The molecule has 10 nitrogen and oxygen atoms in total. The molecule has 1 aromatic heterocycles. The molecule has 0 unspecified atom stereocenters. The van der Waals surface area contributed by atoms with Crippen LogP contribution in [0, 0.1) is 13.8 Å². The number of sulfonamides is 2. The standard InChI is InChI=1S/C21H28N4O6S2/c1-17-21(18(2)31-22-17)33(29,30)25-12-7-11-24(13-14-25)20(26)16-23(3)32(27,28)15-10-19-8-5-4-6-9-19/h4-6,8-10,15H,7,11-14,16H2,1-3H3. The van der Waals surface area contributed by atoms with Crippen LogP contribution in [0.3, 0.4) is 0 Å². The van der Waals surface area contributed by atoms with Crippen molar-refractivity contribution in [2.75, 3.05) is 39.8 Å². The molecule has 33 heavy (non-hydrogen) atoms. The Balaban J connectivity index is 1.63. The summed E-state index contributed by atoms with van der Waals surface area (Å²) in [6, 6.07) is 8.98. The maximum Gasteiger partial charge on any atom is 0.248 e. The Morgan fingerprint density at radius 3 is 2.42 bits per heavy atom. The first kappa shape index (κ1) is 25.1. The lowest BCUT2D eigenvalue weighted by atomic mass is 10.2. The Bertz CT molecular complexity index is 1200. The molecule has 3 rings (SSSR count). The first-order valence-corrected chi connectivity index (χ1v) is 13.4. The number of carbonyl (C=O) groups is 1. The zero-order chi connectivity index (χ0) is 24.2. The molecule has 1 aliphatic heterocycles. The van der Waals surface area contributed by atoms with E-state index in [2.05, 4.69) is 5.16 Å². The third-order valence-electron chi connectivity index (χ3n) is 5.40. The van der Waals surface area contributed by atoms with E-state index in [1.54, 1.807) is 38.1 Å². The third-order valence-corrected chi connectivity index (χ3v) is 9.02. The van der Waals surface area contributed by atoms with E-state index in [0.29, 0.717) is 18.7 Å². The van der Waals surface area contributed by atoms with Gasteiger partial charge in [0, 0.05) is 38.6 Å². The highest BCUT2D eigenvalue weighted by Crippen LogP contribution is 2.24. The maximum atomic E-state index is 13.0. The van der Waals surface area contributed by atoms with Crippen LogP contribution in [-0.2, 0) is 24.8 Å². The Hall–Kier alpha value is -2.54. The molecule has 2 aromatic rings. The summed E-state index contributed by atoms with van der Waals surface area (Å²) >= 11 is 0. The number of nitrogens with zero attached hydrogens (tertiary/aromatic N) is 4. The van der Waals surface area contributed by atoms with Gasteiger partial charge >= 0.3 is 0 Å². The second kappa shape index (κ2) is 10.2. The van der Waals surface area contributed by atoms with E-state index in [9.17, 15) is 21.6 Å². The second-order valence-corrected chi connectivity index (χ2v) is 11.6. The van der Waals surface area contributed by atoms with Gasteiger partial charge in [-0.1, -0.05) is 35.5 Å². The van der Waals surface area contributed by atoms with Crippen molar-refractivity contribution in [3.63, 3.8) is 0 Å². The van der Waals surface area contributed by atoms with Crippen LogP contribution in [0.1, 0.15) is 23.4 Å². The summed E-state index contributed by atoms with van der Waals surface area (Å²) in [5.74, 6) is -0.161. The van der Waals surface area contributed by atoms with Gasteiger partial charge in [0.2, 0.25) is 26.0 Å². The predicted molar refractivity (Wildman–Crippen MR) is 123 cm³/mol. The molecule has 1 aromatic carbocycles. The Labute approximate surface area is 194 Å².